The van der Waals surface area contributed by atoms with E-state index in [4.69, 9.17) is 0 Å². The second kappa shape index (κ2) is 5.00. The molecular weight excluding hydrogens is 235 g/mol. The van der Waals surface area contributed by atoms with Gasteiger partial charge in [-0.05, 0) is 24.3 Å². The third kappa shape index (κ3) is 2.56. The van der Waals surface area contributed by atoms with Crippen LogP contribution in [0.15, 0.2) is 36.0 Å². The zero-order valence-electron chi connectivity index (χ0n) is 9.94. The van der Waals surface area contributed by atoms with Gasteiger partial charge < -0.3 is 10.2 Å². The van der Waals surface area contributed by atoms with E-state index < -0.39 is 5.82 Å². The molecule has 4 nitrogen and oxygen atoms in total. The molecular formula is C13H13FN2O2. The third-order valence-electron chi connectivity index (χ3n) is 2.74. The SMILES string of the molecule is CN1CCNC(=CC(=O)c2ccc(F)cc2)C1=O. The molecule has 1 aliphatic rings. The molecule has 0 aromatic heterocycles. The Balaban J connectivity index is 2.19. The summed E-state index contributed by atoms with van der Waals surface area (Å²) in [7, 11) is 1.68. The van der Waals surface area contributed by atoms with Crippen molar-refractivity contribution in [1.82, 2.24) is 10.2 Å². The summed E-state index contributed by atoms with van der Waals surface area (Å²) >= 11 is 0. The minimum Gasteiger partial charge on any atom is -0.379 e. The quantitative estimate of drug-likeness (QED) is 0.626. The van der Waals surface area contributed by atoms with Crippen LogP contribution in [0.3, 0.4) is 0 Å². The molecule has 0 unspecified atom stereocenters. The molecule has 0 spiro atoms. The van der Waals surface area contributed by atoms with Gasteiger partial charge in [0.25, 0.3) is 5.91 Å². The lowest BCUT2D eigenvalue weighted by Gasteiger charge is -2.25. The van der Waals surface area contributed by atoms with Crippen LogP contribution in [0.2, 0.25) is 0 Å². The fraction of sp³-hybridized carbons (Fsp3) is 0.231. The first-order valence-corrected chi connectivity index (χ1v) is 5.59. The molecule has 5 heteroatoms. The molecule has 1 aromatic carbocycles. The van der Waals surface area contributed by atoms with Gasteiger partial charge in [-0.2, -0.15) is 0 Å². The molecule has 94 valence electrons. The van der Waals surface area contributed by atoms with Crippen LogP contribution in [0.4, 0.5) is 4.39 Å². The van der Waals surface area contributed by atoms with Crippen LogP contribution in [0.5, 0.6) is 0 Å². The van der Waals surface area contributed by atoms with Gasteiger partial charge in [0.05, 0.1) is 0 Å². The normalized spacial score (nSPS) is 17.8. The second-order valence-corrected chi connectivity index (χ2v) is 4.08. The first kappa shape index (κ1) is 12.3. The largest absolute Gasteiger partial charge is 0.379 e. The Morgan fingerprint density at radius 3 is 2.72 bits per heavy atom. The number of piperazine rings is 1. The Morgan fingerprint density at radius 1 is 1.39 bits per heavy atom. The van der Waals surface area contributed by atoms with Crippen molar-refractivity contribution >= 4 is 11.7 Å². The van der Waals surface area contributed by atoms with Gasteiger partial charge in [-0.25, -0.2) is 4.39 Å². The maximum atomic E-state index is 12.7. The molecule has 1 heterocycles. The van der Waals surface area contributed by atoms with Gasteiger partial charge in [0.15, 0.2) is 5.78 Å². The zero-order valence-corrected chi connectivity index (χ0v) is 9.94. The van der Waals surface area contributed by atoms with Gasteiger partial charge in [0, 0.05) is 31.8 Å². The first-order valence-electron chi connectivity index (χ1n) is 5.59. The number of allylic oxidation sites excluding steroid dienone is 1. The Bertz CT molecular complexity index is 508. The number of likely N-dealkylation sites (N-methyl/N-ethyl adjacent to an activating group) is 1. The minimum absolute atomic E-state index is 0.211. The van der Waals surface area contributed by atoms with Crippen molar-refractivity contribution in [3.05, 3.63) is 47.4 Å². The van der Waals surface area contributed by atoms with E-state index in [1.807, 2.05) is 0 Å². The average Bonchev–Trinajstić information content (AvgIpc) is 2.36. The highest BCUT2D eigenvalue weighted by molar-refractivity contribution is 6.09. The molecule has 0 aliphatic carbocycles. The summed E-state index contributed by atoms with van der Waals surface area (Å²) in [6.45, 7) is 1.23. The fourth-order valence-corrected chi connectivity index (χ4v) is 1.68. The topological polar surface area (TPSA) is 49.4 Å². The van der Waals surface area contributed by atoms with Gasteiger partial charge in [-0.1, -0.05) is 0 Å². The van der Waals surface area contributed by atoms with Crippen LogP contribution in [-0.4, -0.2) is 36.7 Å². The number of carbonyl (C=O) groups excluding carboxylic acids is 2. The lowest BCUT2D eigenvalue weighted by molar-refractivity contribution is -0.127. The highest BCUT2D eigenvalue weighted by atomic mass is 19.1. The number of hydrogen-bond donors (Lipinski definition) is 1. The van der Waals surface area contributed by atoms with E-state index in [1.54, 1.807) is 11.9 Å². The predicted octanol–water partition coefficient (Wildman–Crippen LogP) is 0.954. The van der Waals surface area contributed by atoms with Crippen molar-refractivity contribution in [2.24, 2.45) is 0 Å². The monoisotopic (exact) mass is 248 g/mol. The number of nitrogens with one attached hydrogen (secondary N) is 1. The molecule has 2 rings (SSSR count). The molecule has 1 fully saturated rings. The van der Waals surface area contributed by atoms with Crippen molar-refractivity contribution < 1.29 is 14.0 Å². The highest BCUT2D eigenvalue weighted by Gasteiger charge is 2.20. The molecule has 1 N–H and O–H groups in total. The van der Waals surface area contributed by atoms with E-state index in [0.29, 0.717) is 18.7 Å². The van der Waals surface area contributed by atoms with Crippen molar-refractivity contribution in [1.29, 1.82) is 0 Å². The minimum atomic E-state index is -0.397. The molecule has 0 bridgehead atoms. The number of hydrogen-bond acceptors (Lipinski definition) is 3. The predicted molar refractivity (Wildman–Crippen MR) is 64.5 cm³/mol. The number of nitrogens with zero attached hydrogens (tertiary/aromatic N) is 1. The van der Waals surface area contributed by atoms with E-state index >= 15 is 0 Å². The second-order valence-electron chi connectivity index (χ2n) is 4.08. The summed E-state index contributed by atoms with van der Waals surface area (Å²) < 4.78 is 12.7. The van der Waals surface area contributed by atoms with E-state index in [0.717, 1.165) is 0 Å². The van der Waals surface area contributed by atoms with E-state index in [-0.39, 0.29) is 17.4 Å². The molecule has 1 aliphatic heterocycles. The number of ketones is 1. The number of carbonyl (C=O) groups is 2. The molecule has 1 aromatic rings. The van der Waals surface area contributed by atoms with E-state index in [9.17, 15) is 14.0 Å². The highest BCUT2D eigenvalue weighted by Crippen LogP contribution is 2.08. The van der Waals surface area contributed by atoms with Crippen LogP contribution >= 0.6 is 0 Å². The summed E-state index contributed by atoms with van der Waals surface area (Å²) in [5, 5.41) is 2.89. The summed E-state index contributed by atoms with van der Waals surface area (Å²) in [6.07, 6.45) is 1.26. The summed E-state index contributed by atoms with van der Waals surface area (Å²) in [5.41, 5.74) is 0.629. The van der Waals surface area contributed by atoms with E-state index in [1.165, 1.54) is 30.3 Å². The molecule has 1 amide bonds. The van der Waals surface area contributed by atoms with Crippen molar-refractivity contribution in [3.63, 3.8) is 0 Å². The summed E-state index contributed by atoms with van der Waals surface area (Å²) in [4.78, 5) is 25.1. The van der Waals surface area contributed by atoms with Crippen molar-refractivity contribution in [3.8, 4) is 0 Å². The summed E-state index contributed by atoms with van der Waals surface area (Å²) in [5.74, 6) is -0.927. The lowest BCUT2D eigenvalue weighted by atomic mass is 10.1. The fourth-order valence-electron chi connectivity index (χ4n) is 1.68. The van der Waals surface area contributed by atoms with Gasteiger partial charge in [0.1, 0.15) is 11.5 Å². The summed E-state index contributed by atoms with van der Waals surface area (Å²) in [6, 6.07) is 5.22. The third-order valence-corrected chi connectivity index (χ3v) is 2.74. The van der Waals surface area contributed by atoms with Crippen LogP contribution in [-0.2, 0) is 4.79 Å². The number of benzene rings is 1. The molecule has 0 atom stereocenters. The van der Waals surface area contributed by atoms with Crippen LogP contribution in [0.25, 0.3) is 0 Å². The van der Waals surface area contributed by atoms with Crippen LogP contribution in [0, 0.1) is 5.82 Å². The van der Waals surface area contributed by atoms with Gasteiger partial charge in [0.2, 0.25) is 0 Å². The Kier molecular flexibility index (Phi) is 3.41. The van der Waals surface area contributed by atoms with Gasteiger partial charge >= 0.3 is 0 Å². The Labute approximate surface area is 104 Å². The number of amides is 1. The van der Waals surface area contributed by atoms with Crippen LogP contribution < -0.4 is 5.32 Å². The Hall–Kier alpha value is -2.17. The standard InChI is InChI=1S/C13H13FN2O2/c1-16-7-6-15-11(13(16)18)8-12(17)9-2-4-10(14)5-3-9/h2-5,8,15H,6-7H2,1H3. The maximum Gasteiger partial charge on any atom is 0.269 e. The van der Waals surface area contributed by atoms with Crippen molar-refractivity contribution in [2.45, 2.75) is 0 Å². The molecule has 18 heavy (non-hydrogen) atoms. The van der Waals surface area contributed by atoms with Gasteiger partial charge in [-0.3, -0.25) is 9.59 Å². The van der Waals surface area contributed by atoms with Crippen LogP contribution in [0.1, 0.15) is 10.4 Å². The molecule has 1 saturated heterocycles. The van der Waals surface area contributed by atoms with Gasteiger partial charge in [-0.15, -0.1) is 0 Å². The maximum absolute atomic E-state index is 12.7. The average molecular weight is 248 g/mol. The number of rotatable bonds is 2. The first-order chi connectivity index (χ1) is 8.58. The van der Waals surface area contributed by atoms with E-state index in [2.05, 4.69) is 5.32 Å². The lowest BCUT2D eigenvalue weighted by Crippen LogP contribution is -2.44. The Morgan fingerprint density at radius 2 is 2.06 bits per heavy atom. The molecule has 0 radical (unpaired) electrons. The molecule has 0 saturated carbocycles. The number of halogens is 1. The zero-order chi connectivity index (χ0) is 13.1. The smallest absolute Gasteiger partial charge is 0.269 e. The van der Waals surface area contributed by atoms with Crippen molar-refractivity contribution in [2.75, 3.05) is 20.1 Å².